The van der Waals surface area contributed by atoms with Gasteiger partial charge in [-0.25, -0.2) is 5.06 Å². The average Bonchev–Trinajstić information content (AvgIpc) is 2.99. The Balaban J connectivity index is 1.86. The van der Waals surface area contributed by atoms with E-state index in [0.717, 1.165) is 18.5 Å². The summed E-state index contributed by atoms with van der Waals surface area (Å²) in [6, 6.07) is 2.03. The van der Waals surface area contributed by atoms with Crippen molar-refractivity contribution in [2.75, 3.05) is 21.3 Å². The SMILES string of the molecule is CON(C)C(=O)C12CC(C1)[C@H]1c3nccc(C)c3C=C[C@]12OC. The van der Waals surface area contributed by atoms with Crippen molar-refractivity contribution in [1.29, 1.82) is 0 Å². The molecule has 1 aromatic heterocycles. The second-order valence-corrected chi connectivity index (χ2v) is 6.97. The number of methoxy groups -OCH3 is 1. The fourth-order valence-electron chi connectivity index (χ4n) is 5.11. The molecule has 0 spiro atoms. The van der Waals surface area contributed by atoms with Crippen LogP contribution in [0.4, 0.5) is 0 Å². The molecule has 3 saturated carbocycles. The van der Waals surface area contributed by atoms with E-state index >= 15 is 0 Å². The molecule has 5 heteroatoms. The Morgan fingerprint density at radius 3 is 2.78 bits per heavy atom. The van der Waals surface area contributed by atoms with Gasteiger partial charge in [-0.15, -0.1) is 0 Å². The molecule has 0 radical (unpaired) electrons. The van der Waals surface area contributed by atoms with Crippen LogP contribution in [0.2, 0.25) is 0 Å². The molecule has 23 heavy (non-hydrogen) atoms. The number of fused-ring (bicyclic) bond motifs is 1. The highest BCUT2D eigenvalue weighted by molar-refractivity contribution is 5.87. The minimum absolute atomic E-state index is 0.00125. The van der Waals surface area contributed by atoms with Crippen molar-refractivity contribution < 1.29 is 14.4 Å². The molecule has 1 amide bonds. The lowest BCUT2D eigenvalue weighted by molar-refractivity contribution is -0.196. The molecule has 0 unspecified atom stereocenters. The van der Waals surface area contributed by atoms with Gasteiger partial charge in [0.1, 0.15) is 5.60 Å². The maximum atomic E-state index is 13.0. The molecule has 0 saturated heterocycles. The third-order valence-electron chi connectivity index (χ3n) is 6.24. The summed E-state index contributed by atoms with van der Waals surface area (Å²) < 4.78 is 6.04. The van der Waals surface area contributed by atoms with Crippen LogP contribution in [0.5, 0.6) is 0 Å². The van der Waals surface area contributed by atoms with Crippen LogP contribution in [0.25, 0.3) is 6.08 Å². The number of hydrogen-bond acceptors (Lipinski definition) is 4. The first-order valence-electron chi connectivity index (χ1n) is 8.03. The van der Waals surface area contributed by atoms with Crippen molar-refractivity contribution in [3.05, 3.63) is 35.2 Å². The zero-order chi connectivity index (χ0) is 16.4. The highest BCUT2D eigenvalue weighted by Gasteiger charge is 2.76. The topological polar surface area (TPSA) is 51.7 Å². The third kappa shape index (κ3) is 1.54. The summed E-state index contributed by atoms with van der Waals surface area (Å²) in [5.74, 6) is 0.574. The summed E-state index contributed by atoms with van der Waals surface area (Å²) in [6.07, 6.45) is 7.71. The Hall–Kier alpha value is -1.72. The van der Waals surface area contributed by atoms with Crippen LogP contribution in [-0.2, 0) is 14.4 Å². The Labute approximate surface area is 136 Å². The predicted octanol–water partition coefficient (Wildman–Crippen LogP) is 2.32. The minimum Gasteiger partial charge on any atom is -0.372 e. The van der Waals surface area contributed by atoms with Crippen LogP contribution in [0, 0.1) is 18.3 Å². The van der Waals surface area contributed by atoms with E-state index in [1.807, 2.05) is 12.3 Å². The molecule has 4 aliphatic carbocycles. The molecule has 1 heterocycles. The van der Waals surface area contributed by atoms with Gasteiger partial charge in [0.25, 0.3) is 5.91 Å². The third-order valence-corrected chi connectivity index (χ3v) is 6.24. The summed E-state index contributed by atoms with van der Waals surface area (Å²) in [6.45, 7) is 2.10. The summed E-state index contributed by atoms with van der Waals surface area (Å²) in [4.78, 5) is 22.8. The number of ether oxygens (including phenoxy) is 1. The van der Waals surface area contributed by atoms with Gasteiger partial charge in [-0.2, -0.15) is 0 Å². The van der Waals surface area contributed by atoms with Gasteiger partial charge in [0.05, 0.1) is 18.2 Å². The van der Waals surface area contributed by atoms with Crippen LogP contribution >= 0.6 is 0 Å². The van der Waals surface area contributed by atoms with Gasteiger partial charge in [0, 0.05) is 26.3 Å². The van der Waals surface area contributed by atoms with E-state index in [1.54, 1.807) is 14.2 Å². The van der Waals surface area contributed by atoms with E-state index in [9.17, 15) is 4.79 Å². The molecule has 2 bridgehead atoms. The Morgan fingerprint density at radius 2 is 2.13 bits per heavy atom. The Morgan fingerprint density at radius 1 is 1.39 bits per heavy atom. The molecular formula is C18H22N2O3. The highest BCUT2D eigenvalue weighted by Crippen LogP contribution is 2.73. The first-order valence-corrected chi connectivity index (χ1v) is 8.03. The second kappa shape index (κ2) is 4.65. The zero-order valence-corrected chi connectivity index (χ0v) is 14.0. The Kier molecular flexibility index (Phi) is 3.00. The van der Waals surface area contributed by atoms with Gasteiger partial charge >= 0.3 is 0 Å². The van der Waals surface area contributed by atoms with E-state index in [1.165, 1.54) is 23.3 Å². The number of aryl methyl sites for hydroxylation is 1. The van der Waals surface area contributed by atoms with E-state index in [0.29, 0.717) is 5.92 Å². The first kappa shape index (κ1) is 14.8. The van der Waals surface area contributed by atoms with Crippen LogP contribution < -0.4 is 0 Å². The second-order valence-electron chi connectivity index (χ2n) is 6.97. The van der Waals surface area contributed by atoms with Crippen LogP contribution in [0.15, 0.2) is 18.3 Å². The van der Waals surface area contributed by atoms with Gasteiger partial charge in [-0.1, -0.05) is 12.2 Å². The number of aromatic nitrogens is 1. The van der Waals surface area contributed by atoms with E-state index in [2.05, 4.69) is 24.1 Å². The van der Waals surface area contributed by atoms with E-state index in [-0.39, 0.29) is 11.8 Å². The molecule has 5 rings (SSSR count). The molecule has 0 aromatic carbocycles. The van der Waals surface area contributed by atoms with Crippen LogP contribution in [0.3, 0.4) is 0 Å². The number of hydroxylamine groups is 2. The monoisotopic (exact) mass is 314 g/mol. The number of rotatable bonds is 3. The van der Waals surface area contributed by atoms with Crippen molar-refractivity contribution in [3.63, 3.8) is 0 Å². The van der Waals surface area contributed by atoms with Gasteiger partial charge in [0.15, 0.2) is 0 Å². The summed E-state index contributed by atoms with van der Waals surface area (Å²) in [5, 5.41) is 1.34. The zero-order valence-electron chi connectivity index (χ0n) is 14.0. The lowest BCUT2D eigenvalue weighted by Gasteiger charge is -2.46. The number of nitrogens with zero attached hydrogens (tertiary/aromatic N) is 2. The van der Waals surface area contributed by atoms with Gasteiger partial charge < -0.3 is 4.74 Å². The fraction of sp³-hybridized carbons (Fsp3) is 0.556. The largest absolute Gasteiger partial charge is 0.372 e. The highest BCUT2D eigenvalue weighted by atomic mass is 16.7. The number of carbonyl (C=O) groups excluding carboxylic acids is 1. The minimum atomic E-state index is -0.616. The average molecular weight is 314 g/mol. The van der Waals surface area contributed by atoms with Crippen LogP contribution in [-0.4, -0.2) is 42.8 Å². The summed E-state index contributed by atoms with van der Waals surface area (Å²) in [7, 11) is 4.90. The summed E-state index contributed by atoms with van der Waals surface area (Å²) in [5.41, 5.74) is 2.32. The molecule has 2 atom stereocenters. The van der Waals surface area contributed by atoms with Crippen molar-refractivity contribution >= 4 is 12.0 Å². The molecule has 1 aromatic rings. The van der Waals surface area contributed by atoms with Gasteiger partial charge in [-0.3, -0.25) is 14.6 Å². The Bertz CT molecular complexity index is 708. The van der Waals surface area contributed by atoms with Crippen molar-refractivity contribution in [3.8, 4) is 0 Å². The first-order chi connectivity index (χ1) is 11.0. The van der Waals surface area contributed by atoms with Gasteiger partial charge in [0.2, 0.25) is 0 Å². The molecular weight excluding hydrogens is 292 g/mol. The maximum absolute atomic E-state index is 13.0. The number of amides is 1. The van der Waals surface area contributed by atoms with Crippen molar-refractivity contribution in [2.24, 2.45) is 11.3 Å². The van der Waals surface area contributed by atoms with E-state index in [4.69, 9.17) is 9.57 Å². The van der Waals surface area contributed by atoms with Gasteiger partial charge in [-0.05, 0) is 42.9 Å². The summed E-state index contributed by atoms with van der Waals surface area (Å²) >= 11 is 0. The maximum Gasteiger partial charge on any atom is 0.255 e. The normalized spacial score (nSPS) is 36.2. The standard InChI is InChI=1S/C18H22N2O3/c1-11-6-8-19-15-13(11)5-7-18(22-3)14(15)12-9-17(18,10-12)16(21)20(2)23-4/h5-8,12,14H,9-10H2,1-4H3/t12?,14-,17?,18-/m0/s1. The molecule has 5 nitrogen and oxygen atoms in total. The molecule has 4 aliphatic rings. The molecule has 122 valence electrons. The number of hydrogen-bond donors (Lipinski definition) is 0. The van der Waals surface area contributed by atoms with Crippen molar-refractivity contribution in [2.45, 2.75) is 31.3 Å². The lowest BCUT2D eigenvalue weighted by Crippen LogP contribution is -2.56. The predicted molar refractivity (Wildman–Crippen MR) is 85.4 cm³/mol. The van der Waals surface area contributed by atoms with Crippen molar-refractivity contribution in [1.82, 2.24) is 10.0 Å². The molecule has 0 N–H and O–H groups in total. The number of pyridine rings is 1. The fourth-order valence-corrected chi connectivity index (χ4v) is 5.11. The van der Waals surface area contributed by atoms with Crippen LogP contribution in [0.1, 0.15) is 35.6 Å². The quantitative estimate of drug-likeness (QED) is 0.804. The lowest BCUT2D eigenvalue weighted by atomic mass is 9.64. The smallest absolute Gasteiger partial charge is 0.255 e. The molecule has 3 fully saturated rings. The molecule has 0 aliphatic heterocycles. The van der Waals surface area contributed by atoms with E-state index < -0.39 is 11.0 Å². The number of carbonyl (C=O) groups is 1.